The predicted octanol–water partition coefficient (Wildman–Crippen LogP) is 3.82. The van der Waals surface area contributed by atoms with Gasteiger partial charge in [-0.25, -0.2) is 9.97 Å². The van der Waals surface area contributed by atoms with Gasteiger partial charge in [-0.3, -0.25) is 4.79 Å². The van der Waals surface area contributed by atoms with Gasteiger partial charge in [0.05, 0.1) is 19.1 Å². The SMILES string of the molecule is COCCC(=O)N1CCCC1c1nc(C)c2c(n1)N(CC1CCCCC1)CCC2. The molecule has 6 heteroatoms. The molecule has 6 nitrogen and oxygen atoms in total. The topological polar surface area (TPSA) is 58.6 Å². The highest BCUT2D eigenvalue weighted by Gasteiger charge is 2.34. The number of nitrogens with zero attached hydrogens (tertiary/aromatic N) is 4. The molecule has 2 aliphatic heterocycles. The third-order valence-corrected chi connectivity index (χ3v) is 6.96. The van der Waals surface area contributed by atoms with Crippen LogP contribution in [0.4, 0.5) is 5.82 Å². The lowest BCUT2D eigenvalue weighted by Gasteiger charge is -2.35. The van der Waals surface area contributed by atoms with Crippen LogP contribution in [0.25, 0.3) is 0 Å². The molecule has 2 fully saturated rings. The highest BCUT2D eigenvalue weighted by molar-refractivity contribution is 5.77. The Morgan fingerprint density at radius 1 is 1.07 bits per heavy atom. The van der Waals surface area contributed by atoms with E-state index in [-0.39, 0.29) is 11.9 Å². The van der Waals surface area contributed by atoms with Crippen molar-refractivity contribution < 1.29 is 9.53 Å². The summed E-state index contributed by atoms with van der Waals surface area (Å²) in [5.74, 6) is 2.96. The number of amides is 1. The highest BCUT2D eigenvalue weighted by Crippen LogP contribution is 2.35. The number of hydrogen-bond donors (Lipinski definition) is 0. The van der Waals surface area contributed by atoms with Crippen LogP contribution in [0.3, 0.4) is 0 Å². The third-order valence-electron chi connectivity index (χ3n) is 6.96. The summed E-state index contributed by atoms with van der Waals surface area (Å²) < 4.78 is 5.11. The van der Waals surface area contributed by atoms with Crippen LogP contribution in [0.2, 0.25) is 0 Å². The first-order chi connectivity index (χ1) is 14.2. The van der Waals surface area contributed by atoms with Crippen LogP contribution in [0.1, 0.15) is 80.9 Å². The Morgan fingerprint density at radius 2 is 1.90 bits per heavy atom. The van der Waals surface area contributed by atoms with Crippen molar-refractivity contribution in [2.75, 3.05) is 38.3 Å². The van der Waals surface area contributed by atoms with E-state index in [1.54, 1.807) is 7.11 Å². The van der Waals surface area contributed by atoms with Crippen LogP contribution in [0.15, 0.2) is 0 Å². The van der Waals surface area contributed by atoms with Crippen LogP contribution in [0.5, 0.6) is 0 Å². The Hall–Kier alpha value is -1.69. The molecular formula is C23H36N4O2. The molecule has 1 aromatic heterocycles. The van der Waals surface area contributed by atoms with Crippen molar-refractivity contribution in [2.45, 2.75) is 77.2 Å². The predicted molar refractivity (Wildman–Crippen MR) is 114 cm³/mol. The second-order valence-electron chi connectivity index (χ2n) is 9.01. The van der Waals surface area contributed by atoms with Gasteiger partial charge >= 0.3 is 0 Å². The normalized spacial score (nSPS) is 22.8. The number of fused-ring (bicyclic) bond motifs is 1. The van der Waals surface area contributed by atoms with E-state index < -0.39 is 0 Å². The zero-order valence-corrected chi connectivity index (χ0v) is 18.2. The van der Waals surface area contributed by atoms with Gasteiger partial charge in [0.2, 0.25) is 5.91 Å². The summed E-state index contributed by atoms with van der Waals surface area (Å²) in [5.41, 5.74) is 2.43. The fraction of sp³-hybridized carbons (Fsp3) is 0.783. The Morgan fingerprint density at radius 3 is 2.69 bits per heavy atom. The number of anilines is 1. The minimum Gasteiger partial charge on any atom is -0.384 e. The average Bonchev–Trinajstić information content (AvgIpc) is 3.23. The Kier molecular flexibility index (Phi) is 6.68. The maximum atomic E-state index is 12.7. The molecule has 0 aromatic carbocycles. The van der Waals surface area contributed by atoms with Crippen molar-refractivity contribution in [1.29, 1.82) is 0 Å². The molecule has 3 aliphatic rings. The minimum absolute atomic E-state index is 0.0156. The van der Waals surface area contributed by atoms with E-state index in [1.165, 1.54) is 44.1 Å². The van der Waals surface area contributed by atoms with E-state index >= 15 is 0 Å². The van der Waals surface area contributed by atoms with Crippen LogP contribution in [0, 0.1) is 12.8 Å². The fourth-order valence-electron chi connectivity index (χ4n) is 5.38. The van der Waals surface area contributed by atoms with E-state index in [2.05, 4.69) is 11.8 Å². The molecule has 1 aliphatic carbocycles. The molecule has 0 N–H and O–H groups in total. The number of aryl methyl sites for hydroxylation is 1. The van der Waals surface area contributed by atoms with E-state index in [0.717, 1.165) is 62.2 Å². The molecule has 29 heavy (non-hydrogen) atoms. The number of methoxy groups -OCH3 is 1. The summed E-state index contributed by atoms with van der Waals surface area (Å²) in [7, 11) is 1.64. The standard InChI is InChI=1S/C23H36N4O2/c1-17-19-10-6-13-26(16-18-8-4-3-5-9-18)23(19)25-22(24-17)20-11-7-14-27(20)21(28)12-15-29-2/h18,20H,3-16H2,1-2H3. The highest BCUT2D eigenvalue weighted by atomic mass is 16.5. The molecule has 1 saturated carbocycles. The van der Waals surface area contributed by atoms with Crippen LogP contribution in [-0.2, 0) is 16.0 Å². The molecule has 160 valence electrons. The first kappa shape index (κ1) is 20.6. The number of carbonyl (C=O) groups is 1. The maximum Gasteiger partial charge on any atom is 0.225 e. The van der Waals surface area contributed by atoms with Crippen molar-refractivity contribution in [3.8, 4) is 0 Å². The lowest BCUT2D eigenvalue weighted by atomic mass is 9.88. The smallest absolute Gasteiger partial charge is 0.225 e. The number of likely N-dealkylation sites (tertiary alicyclic amines) is 1. The van der Waals surface area contributed by atoms with E-state index in [0.29, 0.717) is 13.0 Å². The molecule has 1 amide bonds. The number of aromatic nitrogens is 2. The van der Waals surface area contributed by atoms with Crippen LogP contribution in [-0.4, -0.2) is 54.1 Å². The van der Waals surface area contributed by atoms with Gasteiger partial charge in [0, 0.05) is 38.0 Å². The van der Waals surface area contributed by atoms with Gasteiger partial charge in [-0.1, -0.05) is 19.3 Å². The van der Waals surface area contributed by atoms with E-state index in [4.69, 9.17) is 14.7 Å². The lowest BCUT2D eigenvalue weighted by Crippen LogP contribution is -2.37. The number of carbonyl (C=O) groups excluding carboxylic acids is 1. The number of ether oxygens (including phenoxy) is 1. The first-order valence-corrected chi connectivity index (χ1v) is 11.6. The second kappa shape index (κ2) is 9.41. The van der Waals surface area contributed by atoms with Gasteiger partial charge in [0.15, 0.2) is 5.82 Å². The Balaban J connectivity index is 1.56. The Labute approximate surface area is 175 Å². The molecule has 1 saturated heterocycles. The second-order valence-corrected chi connectivity index (χ2v) is 9.01. The fourth-order valence-corrected chi connectivity index (χ4v) is 5.38. The zero-order chi connectivity index (χ0) is 20.2. The molecule has 1 unspecified atom stereocenters. The maximum absolute atomic E-state index is 12.7. The van der Waals surface area contributed by atoms with Gasteiger partial charge in [-0.2, -0.15) is 0 Å². The Bertz CT molecular complexity index is 717. The van der Waals surface area contributed by atoms with Crippen molar-refractivity contribution in [3.63, 3.8) is 0 Å². The van der Waals surface area contributed by atoms with Gasteiger partial charge in [0.1, 0.15) is 5.82 Å². The quantitative estimate of drug-likeness (QED) is 0.727. The van der Waals surface area contributed by atoms with Gasteiger partial charge in [-0.05, 0) is 51.4 Å². The van der Waals surface area contributed by atoms with Crippen molar-refractivity contribution >= 4 is 11.7 Å². The molecule has 0 bridgehead atoms. The molecule has 1 aromatic rings. The number of rotatable bonds is 6. The molecule has 4 rings (SSSR count). The monoisotopic (exact) mass is 400 g/mol. The first-order valence-electron chi connectivity index (χ1n) is 11.6. The van der Waals surface area contributed by atoms with Crippen molar-refractivity contribution in [1.82, 2.24) is 14.9 Å². The molecule has 3 heterocycles. The van der Waals surface area contributed by atoms with Crippen LogP contribution < -0.4 is 4.90 Å². The zero-order valence-electron chi connectivity index (χ0n) is 18.2. The summed E-state index contributed by atoms with van der Waals surface area (Å²) in [6.07, 6.45) is 11.5. The van der Waals surface area contributed by atoms with Gasteiger partial charge < -0.3 is 14.5 Å². The third kappa shape index (κ3) is 4.57. The number of hydrogen-bond acceptors (Lipinski definition) is 5. The van der Waals surface area contributed by atoms with E-state index in [1.807, 2.05) is 4.90 Å². The average molecular weight is 401 g/mol. The molecule has 1 atom stereocenters. The summed E-state index contributed by atoms with van der Waals surface area (Å²) in [6.45, 7) is 5.63. The largest absolute Gasteiger partial charge is 0.384 e. The summed E-state index contributed by atoms with van der Waals surface area (Å²) in [4.78, 5) is 27.2. The molecular weight excluding hydrogens is 364 g/mol. The van der Waals surface area contributed by atoms with Crippen LogP contribution >= 0.6 is 0 Å². The van der Waals surface area contributed by atoms with E-state index in [9.17, 15) is 4.79 Å². The summed E-state index contributed by atoms with van der Waals surface area (Å²) >= 11 is 0. The van der Waals surface area contributed by atoms with Crippen molar-refractivity contribution in [2.24, 2.45) is 5.92 Å². The van der Waals surface area contributed by atoms with Gasteiger partial charge in [-0.15, -0.1) is 0 Å². The van der Waals surface area contributed by atoms with Gasteiger partial charge in [0.25, 0.3) is 0 Å². The molecule has 0 radical (unpaired) electrons. The van der Waals surface area contributed by atoms with Crippen molar-refractivity contribution in [3.05, 3.63) is 17.1 Å². The summed E-state index contributed by atoms with van der Waals surface area (Å²) in [6, 6.07) is 0.0156. The minimum atomic E-state index is 0.0156. The summed E-state index contributed by atoms with van der Waals surface area (Å²) in [5, 5.41) is 0. The molecule has 0 spiro atoms. The lowest BCUT2D eigenvalue weighted by molar-refractivity contribution is -0.133.